The van der Waals surface area contributed by atoms with Crippen LogP contribution in [0.2, 0.25) is 0 Å². The van der Waals surface area contributed by atoms with Crippen molar-refractivity contribution in [3.8, 4) is 0 Å². The minimum absolute atomic E-state index is 0.958. The fraction of sp³-hybridized carbons (Fsp3) is 0.405. The summed E-state index contributed by atoms with van der Waals surface area (Å²) in [4.78, 5) is 26.2. The Morgan fingerprint density at radius 1 is 0.592 bits per heavy atom. The number of hydrogen-bond acceptors (Lipinski definition) is 4. The number of benzene rings is 4. The maximum absolute atomic E-state index is 8.89. The zero-order valence-electron chi connectivity index (χ0n) is 30.1. The van der Waals surface area contributed by atoms with Gasteiger partial charge in [-0.15, -0.1) is 0 Å². The molecular formula is C42H53N5O2. The number of nitrogens with zero attached hydrogens (tertiary/aromatic N) is 3. The number of para-hydroxylation sites is 4. The van der Waals surface area contributed by atoms with E-state index in [9.17, 15) is 0 Å². The number of carboxylic acid groups (broad SMARTS) is 1. The van der Waals surface area contributed by atoms with Crippen LogP contribution >= 0.6 is 0 Å². The van der Waals surface area contributed by atoms with Crippen molar-refractivity contribution in [2.75, 3.05) is 26.2 Å². The lowest BCUT2D eigenvalue weighted by atomic mass is 10.0. The molecule has 7 nitrogen and oxygen atoms in total. The summed E-state index contributed by atoms with van der Waals surface area (Å²) >= 11 is 0. The summed E-state index contributed by atoms with van der Waals surface area (Å²) in [6.07, 6.45) is 11.1. The van der Waals surface area contributed by atoms with Gasteiger partial charge in [0.15, 0.2) is 0 Å². The number of carbonyl (C=O) groups is 1. The van der Waals surface area contributed by atoms with E-state index in [0.717, 1.165) is 72.6 Å². The van der Waals surface area contributed by atoms with E-state index in [2.05, 4.69) is 98.3 Å². The highest BCUT2D eigenvalue weighted by atomic mass is 16.4. The summed E-state index contributed by atoms with van der Waals surface area (Å²) in [5.41, 5.74) is 8.22. The third-order valence-corrected chi connectivity index (χ3v) is 9.65. The Morgan fingerprint density at radius 2 is 0.918 bits per heavy atom. The SMILES string of the molecule is CC(=O)[O-].CCCC[N+](CCCC)(CCCC)CCCC.c1ccc2c(c1)nc1c3nc4ccccc4c3c3[nH]c4ccccc4[nH]c3c21. The number of aromatic nitrogens is 4. The molecule has 4 aromatic carbocycles. The van der Waals surface area contributed by atoms with Gasteiger partial charge in [0, 0.05) is 27.5 Å². The van der Waals surface area contributed by atoms with E-state index >= 15 is 0 Å². The minimum Gasteiger partial charge on any atom is -0.550 e. The number of unbranched alkanes of at least 4 members (excludes halogenated alkanes) is 4. The Bertz CT molecular complexity index is 1970. The van der Waals surface area contributed by atoms with E-state index in [4.69, 9.17) is 19.9 Å². The molecule has 258 valence electrons. The standard InChI is InChI=1S/C24H14N4.C16H36N.C2H4O2/c1-3-9-15-13(7-1)19-21(25-15)22-20(14-8-2-4-10-16(14)26-22)24-23(19)27-17-11-5-6-12-18(17)28-24;1-5-9-13-17(14-10-6-2,15-11-7-3)16-12-8-4;1-2(3)4/h1-12,27-28H;5-16H2,1-4H3;1H3,(H,3,4)/q;+1;/p-1. The molecule has 2 N–H and O–H groups in total. The smallest absolute Gasteiger partial charge is 0.100 e. The fourth-order valence-corrected chi connectivity index (χ4v) is 7.14. The van der Waals surface area contributed by atoms with Crippen LogP contribution in [0.1, 0.15) is 86.0 Å². The van der Waals surface area contributed by atoms with Crippen molar-refractivity contribution in [1.29, 1.82) is 0 Å². The number of aliphatic carboxylic acids is 1. The molecule has 7 aromatic rings. The number of carboxylic acids is 1. The van der Waals surface area contributed by atoms with E-state index in [-0.39, 0.29) is 0 Å². The molecule has 0 saturated carbocycles. The molecule has 0 atom stereocenters. The largest absolute Gasteiger partial charge is 0.550 e. The van der Waals surface area contributed by atoms with Crippen molar-refractivity contribution in [3.05, 3.63) is 72.8 Å². The monoisotopic (exact) mass is 659 g/mol. The number of nitrogens with one attached hydrogen (secondary N) is 2. The summed E-state index contributed by atoms with van der Waals surface area (Å²) in [6.45, 7) is 16.0. The molecule has 0 spiro atoms. The summed E-state index contributed by atoms with van der Waals surface area (Å²) < 4.78 is 1.42. The van der Waals surface area contributed by atoms with Crippen molar-refractivity contribution < 1.29 is 14.4 Å². The lowest BCUT2D eigenvalue weighted by Gasteiger charge is -2.39. The van der Waals surface area contributed by atoms with E-state index in [0.29, 0.717) is 0 Å². The van der Waals surface area contributed by atoms with Crippen LogP contribution in [0.4, 0.5) is 0 Å². The number of rotatable bonds is 12. The van der Waals surface area contributed by atoms with Gasteiger partial charge in [0.2, 0.25) is 0 Å². The first-order valence-electron chi connectivity index (χ1n) is 18.4. The summed E-state index contributed by atoms with van der Waals surface area (Å²) in [5, 5.41) is 13.4. The molecule has 0 aliphatic rings. The molecule has 0 fully saturated rings. The van der Waals surface area contributed by atoms with Gasteiger partial charge in [0.05, 0.1) is 59.3 Å². The van der Waals surface area contributed by atoms with Crippen LogP contribution in [-0.2, 0) is 4.79 Å². The molecule has 0 aliphatic heterocycles. The predicted molar refractivity (Wildman–Crippen MR) is 206 cm³/mol. The zero-order chi connectivity index (χ0) is 34.8. The van der Waals surface area contributed by atoms with Crippen molar-refractivity contribution >= 4 is 71.6 Å². The molecule has 3 aromatic heterocycles. The molecule has 0 aliphatic carbocycles. The zero-order valence-corrected chi connectivity index (χ0v) is 30.1. The first-order valence-corrected chi connectivity index (χ1v) is 18.4. The van der Waals surface area contributed by atoms with Crippen LogP contribution in [0, 0.1) is 0 Å². The van der Waals surface area contributed by atoms with Gasteiger partial charge in [0.25, 0.3) is 0 Å². The van der Waals surface area contributed by atoms with Crippen molar-refractivity contribution in [3.63, 3.8) is 0 Å². The average Bonchev–Trinajstić information content (AvgIpc) is 3.70. The average molecular weight is 660 g/mol. The number of fused-ring (bicyclic) bond motifs is 11. The topological polar surface area (TPSA) is 97.5 Å². The molecule has 0 saturated heterocycles. The van der Waals surface area contributed by atoms with E-state index < -0.39 is 5.97 Å². The number of carbonyl (C=O) groups excluding carboxylic acids is 1. The maximum atomic E-state index is 8.89. The van der Waals surface area contributed by atoms with Gasteiger partial charge >= 0.3 is 0 Å². The first kappa shape index (κ1) is 35.8. The highest BCUT2D eigenvalue weighted by Gasteiger charge is 2.25. The van der Waals surface area contributed by atoms with Crippen LogP contribution < -0.4 is 5.11 Å². The number of hydrogen-bond donors (Lipinski definition) is 2. The van der Waals surface area contributed by atoms with Gasteiger partial charge in [-0.3, -0.25) is 0 Å². The lowest BCUT2D eigenvalue weighted by molar-refractivity contribution is -0.929. The molecule has 7 heteroatoms. The van der Waals surface area contributed by atoms with E-state index in [1.165, 1.54) is 82.0 Å². The minimum atomic E-state index is -1.08. The summed E-state index contributed by atoms with van der Waals surface area (Å²) in [6, 6.07) is 24.9. The number of H-pyrrole nitrogens is 2. The molecule has 0 unspecified atom stereocenters. The number of quaternary nitrogens is 1. The van der Waals surface area contributed by atoms with Crippen molar-refractivity contribution in [2.45, 2.75) is 86.0 Å². The van der Waals surface area contributed by atoms with Gasteiger partial charge < -0.3 is 24.4 Å². The molecule has 0 bridgehead atoms. The van der Waals surface area contributed by atoms with Gasteiger partial charge in [0.1, 0.15) is 11.0 Å². The quantitative estimate of drug-likeness (QED) is 0.101. The Kier molecular flexibility index (Phi) is 12.2. The number of aromatic amines is 2. The van der Waals surface area contributed by atoms with Gasteiger partial charge in [-0.1, -0.05) is 102 Å². The lowest BCUT2D eigenvalue weighted by Crippen LogP contribution is -2.50. The third kappa shape index (κ3) is 8.05. The van der Waals surface area contributed by atoms with Crippen LogP contribution in [0.25, 0.3) is 65.7 Å². The summed E-state index contributed by atoms with van der Waals surface area (Å²) in [5.74, 6) is -1.08. The van der Waals surface area contributed by atoms with Gasteiger partial charge in [-0.05, 0) is 56.9 Å². The van der Waals surface area contributed by atoms with Crippen LogP contribution in [0.15, 0.2) is 72.8 Å². The molecule has 0 amide bonds. The first-order chi connectivity index (χ1) is 23.9. The van der Waals surface area contributed by atoms with Crippen LogP contribution in [0.5, 0.6) is 0 Å². The highest BCUT2D eigenvalue weighted by Crippen LogP contribution is 2.40. The van der Waals surface area contributed by atoms with Crippen LogP contribution in [0.3, 0.4) is 0 Å². The van der Waals surface area contributed by atoms with Gasteiger partial charge in [-0.25, -0.2) is 9.97 Å². The highest BCUT2D eigenvalue weighted by molar-refractivity contribution is 6.34. The second-order valence-corrected chi connectivity index (χ2v) is 13.4. The fourth-order valence-electron chi connectivity index (χ4n) is 7.14. The Morgan fingerprint density at radius 3 is 1.27 bits per heavy atom. The van der Waals surface area contributed by atoms with Crippen LogP contribution in [-0.4, -0.2) is 56.6 Å². The molecule has 7 rings (SSSR count). The predicted octanol–water partition coefficient (Wildman–Crippen LogP) is 9.81. The molecule has 0 radical (unpaired) electrons. The second kappa shape index (κ2) is 16.8. The maximum Gasteiger partial charge on any atom is 0.100 e. The Hall–Kier alpha value is -4.49. The van der Waals surface area contributed by atoms with Gasteiger partial charge in [-0.2, -0.15) is 0 Å². The molecule has 3 heterocycles. The molecular weight excluding hydrogens is 606 g/mol. The van der Waals surface area contributed by atoms with E-state index in [1.54, 1.807) is 0 Å². The van der Waals surface area contributed by atoms with E-state index in [1.807, 2.05) is 12.1 Å². The Balaban J connectivity index is 0.000000193. The molecule has 49 heavy (non-hydrogen) atoms. The van der Waals surface area contributed by atoms with Crippen molar-refractivity contribution in [1.82, 2.24) is 19.9 Å². The third-order valence-electron chi connectivity index (χ3n) is 9.65. The Labute approximate surface area is 290 Å². The van der Waals surface area contributed by atoms with Crippen molar-refractivity contribution in [2.24, 2.45) is 0 Å². The summed E-state index contributed by atoms with van der Waals surface area (Å²) in [7, 11) is 0. The normalized spacial score (nSPS) is 11.7. The second-order valence-electron chi connectivity index (χ2n) is 13.4.